The molecule has 0 bridgehead atoms. The van der Waals surface area contributed by atoms with Gasteiger partial charge in [0.1, 0.15) is 5.82 Å². The molecule has 0 unspecified atom stereocenters. The molecule has 0 aliphatic rings. The van der Waals surface area contributed by atoms with Crippen LogP contribution in [0, 0.1) is 12.7 Å². The van der Waals surface area contributed by atoms with Gasteiger partial charge in [-0.05, 0) is 52.7 Å². The van der Waals surface area contributed by atoms with Gasteiger partial charge in [0.05, 0.1) is 0 Å². The van der Waals surface area contributed by atoms with E-state index >= 15 is 0 Å². The first kappa shape index (κ1) is 13.4. The zero-order valence-corrected chi connectivity index (χ0v) is 12.1. The van der Waals surface area contributed by atoms with Crippen molar-refractivity contribution in [1.29, 1.82) is 0 Å². The molecule has 1 N–H and O–H groups in total. The van der Waals surface area contributed by atoms with E-state index < -0.39 is 0 Å². The van der Waals surface area contributed by atoms with E-state index in [1.165, 1.54) is 6.07 Å². The van der Waals surface area contributed by atoms with E-state index in [1.807, 2.05) is 25.1 Å². The third-order valence-electron chi connectivity index (χ3n) is 2.67. The molecule has 0 aliphatic carbocycles. The molecule has 94 valence electrons. The average Bonchev–Trinajstić information content (AvgIpc) is 2.35. The second-order valence-electron chi connectivity index (χ2n) is 4.03. The molecule has 0 aliphatic heterocycles. The van der Waals surface area contributed by atoms with Crippen LogP contribution in [-0.4, -0.2) is 0 Å². The first-order valence-electron chi connectivity index (χ1n) is 5.51. The summed E-state index contributed by atoms with van der Waals surface area (Å²) >= 11 is 9.36. The van der Waals surface area contributed by atoms with Crippen molar-refractivity contribution in [2.45, 2.75) is 13.5 Å². The number of hydrogen-bond donors (Lipinski definition) is 1. The molecule has 0 radical (unpaired) electrons. The van der Waals surface area contributed by atoms with Crippen LogP contribution in [0.25, 0.3) is 0 Å². The predicted molar refractivity (Wildman–Crippen MR) is 77.6 cm³/mol. The number of aryl methyl sites for hydroxylation is 1. The molecule has 0 heterocycles. The van der Waals surface area contributed by atoms with Crippen molar-refractivity contribution in [2.24, 2.45) is 0 Å². The monoisotopic (exact) mass is 327 g/mol. The van der Waals surface area contributed by atoms with Crippen molar-refractivity contribution >= 4 is 33.2 Å². The number of halogens is 3. The molecule has 2 aromatic carbocycles. The molecule has 0 saturated carbocycles. The van der Waals surface area contributed by atoms with Gasteiger partial charge in [-0.15, -0.1) is 0 Å². The van der Waals surface area contributed by atoms with Crippen LogP contribution in [0.3, 0.4) is 0 Å². The summed E-state index contributed by atoms with van der Waals surface area (Å²) in [5, 5.41) is 3.73. The molecular weight excluding hydrogens is 317 g/mol. The smallest absolute Gasteiger partial charge is 0.128 e. The number of anilines is 1. The highest BCUT2D eigenvalue weighted by molar-refractivity contribution is 9.10. The van der Waals surface area contributed by atoms with Gasteiger partial charge in [-0.25, -0.2) is 4.39 Å². The molecule has 1 nitrogen and oxygen atoms in total. The third-order valence-corrected chi connectivity index (χ3v) is 3.96. The number of benzene rings is 2. The molecule has 2 aromatic rings. The molecule has 0 saturated heterocycles. The maximum absolute atomic E-state index is 13.5. The van der Waals surface area contributed by atoms with Gasteiger partial charge < -0.3 is 5.32 Å². The van der Waals surface area contributed by atoms with E-state index in [-0.39, 0.29) is 5.82 Å². The van der Waals surface area contributed by atoms with Crippen LogP contribution >= 0.6 is 27.5 Å². The summed E-state index contributed by atoms with van der Waals surface area (Å²) in [6, 6.07) is 10.5. The van der Waals surface area contributed by atoms with E-state index in [0.717, 1.165) is 15.7 Å². The number of rotatable bonds is 3. The van der Waals surface area contributed by atoms with Crippen LogP contribution in [0.4, 0.5) is 10.1 Å². The third kappa shape index (κ3) is 3.03. The zero-order valence-electron chi connectivity index (χ0n) is 9.81. The van der Waals surface area contributed by atoms with Crippen LogP contribution in [0.15, 0.2) is 40.9 Å². The van der Waals surface area contributed by atoms with Gasteiger partial charge in [0, 0.05) is 27.3 Å². The van der Waals surface area contributed by atoms with Gasteiger partial charge in [0.15, 0.2) is 0 Å². The van der Waals surface area contributed by atoms with Crippen molar-refractivity contribution < 1.29 is 4.39 Å². The van der Waals surface area contributed by atoms with Gasteiger partial charge >= 0.3 is 0 Å². The van der Waals surface area contributed by atoms with E-state index in [9.17, 15) is 4.39 Å². The fraction of sp³-hybridized carbons (Fsp3) is 0.143. The lowest BCUT2D eigenvalue weighted by Crippen LogP contribution is -2.02. The lowest BCUT2D eigenvalue weighted by molar-refractivity contribution is 0.613. The molecule has 18 heavy (non-hydrogen) atoms. The lowest BCUT2D eigenvalue weighted by atomic mass is 10.2. The Hall–Kier alpha value is -1.06. The van der Waals surface area contributed by atoms with Crippen LogP contribution in [-0.2, 0) is 6.54 Å². The van der Waals surface area contributed by atoms with Crippen LogP contribution in [0.2, 0.25) is 5.02 Å². The quantitative estimate of drug-likeness (QED) is 0.820. The number of hydrogen-bond acceptors (Lipinski definition) is 1. The molecule has 0 spiro atoms. The molecule has 0 fully saturated rings. The summed E-state index contributed by atoms with van der Waals surface area (Å²) in [5.41, 5.74) is 2.62. The normalized spacial score (nSPS) is 10.4. The minimum absolute atomic E-state index is 0.254. The average molecular weight is 329 g/mol. The molecule has 0 aromatic heterocycles. The Balaban J connectivity index is 2.16. The summed E-state index contributed by atoms with van der Waals surface area (Å²) < 4.78 is 14.5. The largest absolute Gasteiger partial charge is 0.380 e. The van der Waals surface area contributed by atoms with Crippen LogP contribution in [0.1, 0.15) is 11.1 Å². The predicted octanol–water partition coefficient (Wildman–Crippen LogP) is 5.16. The first-order chi connectivity index (χ1) is 8.58. The minimum Gasteiger partial charge on any atom is -0.380 e. The van der Waals surface area contributed by atoms with Crippen LogP contribution < -0.4 is 5.32 Å². The summed E-state index contributed by atoms with van der Waals surface area (Å²) in [7, 11) is 0. The molecule has 0 atom stereocenters. The molecular formula is C14H12BrClFN. The van der Waals surface area contributed by atoms with E-state index in [1.54, 1.807) is 12.1 Å². The fourth-order valence-electron chi connectivity index (χ4n) is 1.65. The fourth-order valence-corrected chi connectivity index (χ4v) is 2.25. The molecule has 4 heteroatoms. The Labute approximate surface area is 119 Å². The Morgan fingerprint density at radius 3 is 2.83 bits per heavy atom. The standard InChI is InChI=1S/C14H12BrClFN/c1-9-3-2-4-13(14(9)15)18-8-10-7-11(16)5-6-12(10)17/h2-7,18H,8H2,1H3. The maximum Gasteiger partial charge on any atom is 0.128 e. The Kier molecular flexibility index (Phi) is 4.25. The highest BCUT2D eigenvalue weighted by atomic mass is 79.9. The van der Waals surface area contributed by atoms with Gasteiger partial charge in [-0.2, -0.15) is 0 Å². The molecule has 0 amide bonds. The maximum atomic E-state index is 13.5. The molecule has 2 rings (SSSR count). The van der Waals surface area contributed by atoms with Crippen molar-refractivity contribution in [1.82, 2.24) is 0 Å². The van der Waals surface area contributed by atoms with E-state index in [0.29, 0.717) is 17.1 Å². The van der Waals surface area contributed by atoms with E-state index in [2.05, 4.69) is 21.2 Å². The number of nitrogens with one attached hydrogen (secondary N) is 1. The second kappa shape index (κ2) is 5.72. The summed E-state index contributed by atoms with van der Waals surface area (Å²) in [6.45, 7) is 2.41. The summed E-state index contributed by atoms with van der Waals surface area (Å²) in [5.74, 6) is -0.254. The van der Waals surface area contributed by atoms with Crippen molar-refractivity contribution in [3.8, 4) is 0 Å². The van der Waals surface area contributed by atoms with Crippen molar-refractivity contribution in [3.05, 3.63) is 62.8 Å². The van der Waals surface area contributed by atoms with Crippen LogP contribution in [0.5, 0.6) is 0 Å². The van der Waals surface area contributed by atoms with E-state index in [4.69, 9.17) is 11.6 Å². The highest BCUT2D eigenvalue weighted by Gasteiger charge is 2.05. The van der Waals surface area contributed by atoms with Gasteiger partial charge in [-0.1, -0.05) is 23.7 Å². The van der Waals surface area contributed by atoms with Crippen molar-refractivity contribution in [3.63, 3.8) is 0 Å². The van der Waals surface area contributed by atoms with Gasteiger partial charge in [0.25, 0.3) is 0 Å². The zero-order chi connectivity index (χ0) is 13.1. The lowest BCUT2D eigenvalue weighted by Gasteiger charge is -2.11. The highest BCUT2D eigenvalue weighted by Crippen LogP contribution is 2.26. The Morgan fingerprint density at radius 1 is 1.28 bits per heavy atom. The topological polar surface area (TPSA) is 12.0 Å². The summed E-state index contributed by atoms with van der Waals surface area (Å²) in [4.78, 5) is 0. The SMILES string of the molecule is Cc1cccc(NCc2cc(Cl)ccc2F)c1Br. The Morgan fingerprint density at radius 2 is 2.06 bits per heavy atom. The van der Waals surface area contributed by atoms with Crippen molar-refractivity contribution in [2.75, 3.05) is 5.32 Å². The minimum atomic E-state index is -0.254. The first-order valence-corrected chi connectivity index (χ1v) is 6.68. The van der Waals surface area contributed by atoms with Gasteiger partial charge in [0.2, 0.25) is 0 Å². The second-order valence-corrected chi connectivity index (χ2v) is 5.26. The Bertz CT molecular complexity index is 570. The van der Waals surface area contributed by atoms with Gasteiger partial charge in [-0.3, -0.25) is 0 Å². The summed E-state index contributed by atoms with van der Waals surface area (Å²) in [6.07, 6.45) is 0.